The maximum absolute atomic E-state index is 12.7. The van der Waals surface area contributed by atoms with E-state index in [1.54, 1.807) is 0 Å². The first-order chi connectivity index (χ1) is 13.5. The Labute approximate surface area is 165 Å². The molecule has 2 heterocycles. The summed E-state index contributed by atoms with van der Waals surface area (Å²) in [5.41, 5.74) is 0.759. The predicted molar refractivity (Wildman–Crippen MR) is 104 cm³/mol. The van der Waals surface area contributed by atoms with Gasteiger partial charge >= 0.3 is 0 Å². The van der Waals surface area contributed by atoms with Gasteiger partial charge in [-0.2, -0.15) is 0 Å². The fraction of sp³-hybridized carbons (Fsp3) is 0.400. The molecule has 0 spiro atoms. The van der Waals surface area contributed by atoms with E-state index in [0.717, 1.165) is 27.3 Å². The Morgan fingerprint density at radius 2 is 1.96 bits per heavy atom. The van der Waals surface area contributed by atoms with E-state index in [2.05, 4.69) is 10.3 Å². The largest absolute Gasteiger partial charge is 0.494 e. The molecule has 3 amide bonds. The van der Waals surface area contributed by atoms with Gasteiger partial charge in [-0.15, -0.1) is 0 Å². The van der Waals surface area contributed by atoms with Crippen LogP contribution in [0.2, 0.25) is 0 Å². The minimum Gasteiger partial charge on any atom is -0.494 e. The van der Waals surface area contributed by atoms with Gasteiger partial charge in [-0.25, -0.2) is 4.98 Å². The smallest absolute Gasteiger partial charge is 0.246 e. The summed E-state index contributed by atoms with van der Waals surface area (Å²) in [4.78, 5) is 43.3. The first-order valence-corrected chi connectivity index (χ1v) is 10.2. The predicted octanol–water partition coefficient (Wildman–Crippen LogP) is 2.44. The van der Waals surface area contributed by atoms with Crippen LogP contribution in [-0.4, -0.2) is 40.8 Å². The molecule has 0 radical (unpaired) electrons. The molecular weight excluding hydrogens is 378 g/mol. The van der Waals surface area contributed by atoms with Crippen LogP contribution in [0.15, 0.2) is 30.4 Å². The Hall–Kier alpha value is -2.74. The van der Waals surface area contributed by atoms with E-state index in [0.29, 0.717) is 11.7 Å². The number of hydrogen-bond donors (Lipinski definition) is 1. The highest BCUT2D eigenvalue weighted by atomic mass is 32.1. The molecule has 2 aromatic rings. The maximum atomic E-state index is 12.7. The number of nitrogens with one attached hydrogen (secondary N) is 1. The van der Waals surface area contributed by atoms with Gasteiger partial charge in [0.15, 0.2) is 5.13 Å². The highest BCUT2D eigenvalue weighted by Crippen LogP contribution is 2.52. The molecular formula is C20H19N3O4S. The van der Waals surface area contributed by atoms with E-state index in [1.807, 2.05) is 37.3 Å². The van der Waals surface area contributed by atoms with Crippen molar-refractivity contribution in [3.63, 3.8) is 0 Å². The third-order valence-electron chi connectivity index (χ3n) is 5.78. The molecule has 1 aromatic carbocycles. The zero-order chi connectivity index (χ0) is 19.4. The van der Waals surface area contributed by atoms with Crippen LogP contribution in [0.5, 0.6) is 5.75 Å². The monoisotopic (exact) mass is 397 g/mol. The van der Waals surface area contributed by atoms with Gasteiger partial charge in [-0.1, -0.05) is 23.5 Å². The number of amides is 3. The van der Waals surface area contributed by atoms with Gasteiger partial charge in [0.25, 0.3) is 0 Å². The summed E-state index contributed by atoms with van der Waals surface area (Å²) in [6.07, 6.45) is 4.96. The molecule has 1 saturated heterocycles. The third kappa shape index (κ3) is 2.63. The van der Waals surface area contributed by atoms with E-state index in [9.17, 15) is 14.4 Å². The van der Waals surface area contributed by atoms with Crippen molar-refractivity contribution in [1.82, 2.24) is 9.88 Å². The van der Waals surface area contributed by atoms with Crippen LogP contribution in [0.4, 0.5) is 5.13 Å². The topological polar surface area (TPSA) is 88.6 Å². The number of rotatable bonds is 5. The number of thiazole rings is 1. The first-order valence-electron chi connectivity index (χ1n) is 9.42. The summed E-state index contributed by atoms with van der Waals surface area (Å²) in [7, 11) is 0. The highest BCUT2D eigenvalue weighted by Gasteiger charge is 2.59. The molecule has 2 fully saturated rings. The van der Waals surface area contributed by atoms with E-state index in [4.69, 9.17) is 4.74 Å². The Bertz CT molecular complexity index is 1000. The standard InChI is InChI=1S/C20H19N3O4S/c1-2-27-12-5-6-13-14(8-12)28-20(21-13)22-15(24)9-23-18(25)16-10-3-4-11(7-10)17(16)19(23)26/h3-6,8,10-11,16-17H,2,7,9H2,1H3,(H,21,22,24)/t10-,11-,16-,17-/m0/s1. The fourth-order valence-electron chi connectivity index (χ4n) is 4.64. The molecule has 7 nitrogen and oxygen atoms in total. The minimum absolute atomic E-state index is 0.142. The van der Waals surface area contributed by atoms with E-state index < -0.39 is 5.91 Å². The van der Waals surface area contributed by atoms with Gasteiger partial charge in [0.1, 0.15) is 12.3 Å². The SMILES string of the molecule is CCOc1ccc2nc(NC(=O)CN3C(=O)[C@@H]4[C@@H](C3=O)[C@H]3C=C[C@H]4C3)sc2c1. The average Bonchev–Trinajstić information content (AvgIpc) is 3.41. The summed E-state index contributed by atoms with van der Waals surface area (Å²) in [5, 5.41) is 3.16. The lowest BCUT2D eigenvalue weighted by molar-refractivity contribution is -0.143. The van der Waals surface area contributed by atoms with Crippen molar-refractivity contribution in [2.24, 2.45) is 23.7 Å². The van der Waals surface area contributed by atoms with Gasteiger partial charge in [-0.3, -0.25) is 19.3 Å². The molecule has 3 aliphatic rings. The molecule has 1 aromatic heterocycles. The lowest BCUT2D eigenvalue weighted by Crippen LogP contribution is -2.39. The van der Waals surface area contributed by atoms with Crippen LogP contribution in [0.3, 0.4) is 0 Å². The normalized spacial score (nSPS) is 27.7. The molecule has 1 N–H and O–H groups in total. The lowest BCUT2D eigenvalue weighted by atomic mass is 9.85. The van der Waals surface area contributed by atoms with Crippen molar-refractivity contribution < 1.29 is 19.1 Å². The molecule has 1 saturated carbocycles. The molecule has 5 rings (SSSR count). The second-order valence-electron chi connectivity index (χ2n) is 7.39. The van der Waals surface area contributed by atoms with Gasteiger partial charge in [0.2, 0.25) is 17.7 Å². The number of allylic oxidation sites excluding steroid dienone is 2. The van der Waals surface area contributed by atoms with E-state index >= 15 is 0 Å². The summed E-state index contributed by atoms with van der Waals surface area (Å²) < 4.78 is 6.38. The molecule has 28 heavy (non-hydrogen) atoms. The quantitative estimate of drug-likeness (QED) is 0.618. The molecule has 144 valence electrons. The summed E-state index contributed by atoms with van der Waals surface area (Å²) in [5.74, 6) is -0.373. The Morgan fingerprint density at radius 3 is 2.64 bits per heavy atom. The summed E-state index contributed by atoms with van der Waals surface area (Å²) in [6, 6.07) is 5.55. The minimum atomic E-state index is -0.411. The Kier molecular flexibility index (Phi) is 3.97. The first kappa shape index (κ1) is 17.4. The molecule has 0 unspecified atom stereocenters. The van der Waals surface area contributed by atoms with Gasteiger partial charge in [0.05, 0.1) is 28.7 Å². The number of aromatic nitrogens is 1. The number of carbonyl (C=O) groups is 3. The molecule has 4 atom stereocenters. The number of fused-ring (bicyclic) bond motifs is 6. The van der Waals surface area contributed by atoms with Crippen LogP contribution >= 0.6 is 11.3 Å². The van der Waals surface area contributed by atoms with Crippen LogP contribution in [0, 0.1) is 23.7 Å². The summed E-state index contributed by atoms with van der Waals surface area (Å²) in [6.45, 7) is 2.23. The Morgan fingerprint density at radius 1 is 1.25 bits per heavy atom. The molecule has 2 aliphatic carbocycles. The van der Waals surface area contributed by atoms with Crippen LogP contribution < -0.4 is 10.1 Å². The van der Waals surface area contributed by atoms with Crippen molar-refractivity contribution in [3.8, 4) is 5.75 Å². The number of benzene rings is 1. The number of likely N-dealkylation sites (tertiary alicyclic amines) is 1. The van der Waals surface area contributed by atoms with E-state index in [1.165, 1.54) is 11.3 Å². The zero-order valence-corrected chi connectivity index (χ0v) is 16.1. The average molecular weight is 397 g/mol. The maximum Gasteiger partial charge on any atom is 0.246 e. The number of imide groups is 1. The lowest BCUT2D eigenvalue weighted by Gasteiger charge is -2.16. The third-order valence-corrected chi connectivity index (χ3v) is 6.71. The van der Waals surface area contributed by atoms with Gasteiger partial charge in [0, 0.05) is 0 Å². The number of ether oxygens (including phenoxy) is 1. The van der Waals surface area contributed by atoms with Crippen molar-refractivity contribution in [2.45, 2.75) is 13.3 Å². The van der Waals surface area contributed by atoms with Crippen molar-refractivity contribution >= 4 is 44.4 Å². The van der Waals surface area contributed by atoms with Crippen molar-refractivity contribution in [1.29, 1.82) is 0 Å². The van der Waals surface area contributed by atoms with Crippen LogP contribution in [-0.2, 0) is 14.4 Å². The fourth-order valence-corrected chi connectivity index (χ4v) is 5.55. The molecule has 1 aliphatic heterocycles. The second kappa shape index (κ2) is 6.41. The van der Waals surface area contributed by atoms with Crippen LogP contribution in [0.25, 0.3) is 10.2 Å². The van der Waals surface area contributed by atoms with Gasteiger partial charge in [-0.05, 0) is 43.4 Å². The zero-order valence-electron chi connectivity index (χ0n) is 15.3. The van der Waals surface area contributed by atoms with Crippen molar-refractivity contribution in [3.05, 3.63) is 30.4 Å². The Balaban J connectivity index is 1.28. The summed E-state index contributed by atoms with van der Waals surface area (Å²) >= 11 is 1.33. The molecule has 2 bridgehead atoms. The second-order valence-corrected chi connectivity index (χ2v) is 8.42. The highest BCUT2D eigenvalue weighted by molar-refractivity contribution is 7.22. The van der Waals surface area contributed by atoms with Gasteiger partial charge < -0.3 is 10.1 Å². The molecule has 8 heteroatoms. The number of anilines is 1. The van der Waals surface area contributed by atoms with Crippen molar-refractivity contribution in [2.75, 3.05) is 18.5 Å². The number of carbonyl (C=O) groups excluding carboxylic acids is 3. The van der Waals surface area contributed by atoms with E-state index in [-0.39, 0.29) is 42.0 Å². The number of nitrogens with zero attached hydrogens (tertiary/aromatic N) is 2. The number of hydrogen-bond acceptors (Lipinski definition) is 6. The van der Waals surface area contributed by atoms with Crippen LogP contribution in [0.1, 0.15) is 13.3 Å².